The van der Waals surface area contributed by atoms with Crippen molar-refractivity contribution in [2.75, 3.05) is 16.0 Å². The molecule has 0 unspecified atom stereocenters. The number of nitrogens with one attached hydrogen (secondary N) is 3. The van der Waals surface area contributed by atoms with E-state index >= 15 is 0 Å². The molecule has 33 heavy (non-hydrogen) atoms. The minimum absolute atomic E-state index is 0.139. The Morgan fingerprint density at radius 1 is 0.848 bits per heavy atom. The van der Waals surface area contributed by atoms with Gasteiger partial charge in [-0.2, -0.15) is 0 Å². The third-order valence-corrected chi connectivity index (χ3v) is 4.17. The van der Waals surface area contributed by atoms with Crippen LogP contribution in [0.5, 0.6) is 0 Å². The van der Waals surface area contributed by atoms with Crippen molar-refractivity contribution < 1.29 is 23.5 Å². The molecule has 0 saturated carbocycles. The van der Waals surface area contributed by atoms with Gasteiger partial charge in [0.15, 0.2) is 0 Å². The van der Waals surface area contributed by atoms with E-state index in [2.05, 4.69) is 20.9 Å². The van der Waals surface area contributed by atoms with E-state index in [-0.39, 0.29) is 22.8 Å². The van der Waals surface area contributed by atoms with E-state index in [1.54, 1.807) is 57.3 Å². The standard InChI is InChI=1S/C24H23FN4O4/c1-24(2,3)33-23(32)29-20-13-18(9-10-19(20)25)28-21(30)15-6-4-8-17(12-15)27-22(31)16-7-5-11-26-14-16/h4-14H,1-3H3,(H,27,31)(H,28,30)(H,29,32). The molecular weight excluding hydrogens is 427 g/mol. The Balaban J connectivity index is 1.69. The summed E-state index contributed by atoms with van der Waals surface area (Å²) < 4.78 is 19.2. The first-order valence-electron chi connectivity index (χ1n) is 10.0. The number of aromatic nitrogens is 1. The molecule has 3 amide bonds. The third-order valence-electron chi connectivity index (χ3n) is 4.17. The minimum Gasteiger partial charge on any atom is -0.444 e. The van der Waals surface area contributed by atoms with Gasteiger partial charge in [0.05, 0.1) is 11.3 Å². The van der Waals surface area contributed by atoms with Crippen molar-refractivity contribution in [3.63, 3.8) is 0 Å². The zero-order chi connectivity index (χ0) is 24.0. The fraction of sp³-hybridized carbons (Fsp3) is 0.167. The summed E-state index contributed by atoms with van der Waals surface area (Å²) in [6, 6.07) is 13.4. The predicted octanol–water partition coefficient (Wildman–Crippen LogP) is 5.07. The number of halogens is 1. The van der Waals surface area contributed by atoms with Crippen LogP contribution in [0.1, 0.15) is 41.5 Å². The Kier molecular flexibility index (Phi) is 7.02. The quantitative estimate of drug-likeness (QED) is 0.503. The second kappa shape index (κ2) is 9.90. The number of carbonyl (C=O) groups is 3. The fourth-order valence-electron chi connectivity index (χ4n) is 2.75. The van der Waals surface area contributed by atoms with Gasteiger partial charge in [0.2, 0.25) is 0 Å². The number of hydrogen-bond donors (Lipinski definition) is 3. The van der Waals surface area contributed by atoms with Crippen molar-refractivity contribution in [2.24, 2.45) is 0 Å². The first-order chi connectivity index (χ1) is 15.6. The van der Waals surface area contributed by atoms with E-state index in [0.29, 0.717) is 11.3 Å². The van der Waals surface area contributed by atoms with E-state index in [9.17, 15) is 18.8 Å². The summed E-state index contributed by atoms with van der Waals surface area (Å²) in [7, 11) is 0. The molecule has 0 spiro atoms. The summed E-state index contributed by atoms with van der Waals surface area (Å²) in [6.07, 6.45) is 2.18. The highest BCUT2D eigenvalue weighted by Crippen LogP contribution is 2.22. The zero-order valence-corrected chi connectivity index (χ0v) is 18.3. The van der Waals surface area contributed by atoms with Crippen LogP contribution in [0.2, 0.25) is 0 Å². The lowest BCUT2D eigenvalue weighted by Gasteiger charge is -2.20. The highest BCUT2D eigenvalue weighted by molar-refractivity contribution is 6.07. The highest BCUT2D eigenvalue weighted by atomic mass is 19.1. The number of carbonyl (C=O) groups excluding carboxylic acids is 3. The van der Waals surface area contributed by atoms with Crippen molar-refractivity contribution in [1.29, 1.82) is 0 Å². The number of benzene rings is 2. The average molecular weight is 450 g/mol. The van der Waals surface area contributed by atoms with Crippen molar-refractivity contribution in [3.8, 4) is 0 Å². The summed E-state index contributed by atoms with van der Waals surface area (Å²) in [5.41, 5.74) is 0.442. The van der Waals surface area contributed by atoms with Crippen LogP contribution in [0.25, 0.3) is 0 Å². The Morgan fingerprint density at radius 3 is 2.18 bits per heavy atom. The Hall–Kier alpha value is -4.27. The van der Waals surface area contributed by atoms with Gasteiger partial charge in [-0.25, -0.2) is 9.18 Å². The van der Waals surface area contributed by atoms with Gasteiger partial charge in [-0.15, -0.1) is 0 Å². The van der Waals surface area contributed by atoms with Crippen molar-refractivity contribution >= 4 is 35.0 Å². The van der Waals surface area contributed by atoms with Gasteiger partial charge < -0.3 is 15.4 Å². The maximum atomic E-state index is 14.1. The molecule has 3 aromatic rings. The maximum Gasteiger partial charge on any atom is 0.412 e. The molecule has 1 heterocycles. The molecule has 170 valence electrons. The van der Waals surface area contributed by atoms with Gasteiger partial charge in [-0.05, 0) is 69.3 Å². The van der Waals surface area contributed by atoms with Crippen LogP contribution in [0.4, 0.5) is 26.2 Å². The molecule has 0 aliphatic carbocycles. The topological polar surface area (TPSA) is 109 Å². The first kappa shape index (κ1) is 23.4. The number of ether oxygens (including phenoxy) is 1. The van der Waals surface area contributed by atoms with Crippen LogP contribution in [0, 0.1) is 5.82 Å². The number of rotatable bonds is 5. The number of amides is 3. The van der Waals surface area contributed by atoms with Crippen LogP contribution in [0.15, 0.2) is 67.0 Å². The Labute approximate surface area is 190 Å². The van der Waals surface area contributed by atoms with Gasteiger partial charge in [0, 0.05) is 29.3 Å². The minimum atomic E-state index is -0.818. The maximum absolute atomic E-state index is 14.1. The van der Waals surface area contributed by atoms with Gasteiger partial charge in [-0.1, -0.05) is 6.07 Å². The van der Waals surface area contributed by atoms with Crippen LogP contribution in [0.3, 0.4) is 0 Å². The third kappa shape index (κ3) is 6.86. The molecule has 0 bridgehead atoms. The molecule has 0 saturated heterocycles. The SMILES string of the molecule is CC(C)(C)OC(=O)Nc1cc(NC(=O)c2cccc(NC(=O)c3cccnc3)c2)ccc1F. The molecule has 0 aliphatic rings. The second-order valence-corrected chi connectivity index (χ2v) is 8.05. The van der Waals surface area contributed by atoms with E-state index in [1.807, 2.05) is 0 Å². The highest BCUT2D eigenvalue weighted by Gasteiger charge is 2.18. The zero-order valence-electron chi connectivity index (χ0n) is 18.3. The summed E-state index contributed by atoms with van der Waals surface area (Å²) in [5, 5.41) is 7.67. The van der Waals surface area contributed by atoms with E-state index in [1.165, 1.54) is 24.4 Å². The molecular formula is C24H23FN4O4. The van der Waals surface area contributed by atoms with Crippen molar-refractivity contribution in [1.82, 2.24) is 4.98 Å². The Morgan fingerprint density at radius 2 is 1.52 bits per heavy atom. The number of anilines is 3. The average Bonchev–Trinajstić information content (AvgIpc) is 2.75. The van der Waals surface area contributed by atoms with E-state index in [4.69, 9.17) is 4.74 Å². The molecule has 3 rings (SSSR count). The predicted molar refractivity (Wildman–Crippen MR) is 123 cm³/mol. The fourth-order valence-corrected chi connectivity index (χ4v) is 2.75. The molecule has 0 radical (unpaired) electrons. The molecule has 9 heteroatoms. The molecule has 3 N–H and O–H groups in total. The number of hydrogen-bond acceptors (Lipinski definition) is 5. The van der Waals surface area contributed by atoms with Gasteiger partial charge in [0.1, 0.15) is 11.4 Å². The van der Waals surface area contributed by atoms with Crippen LogP contribution in [-0.4, -0.2) is 28.5 Å². The monoisotopic (exact) mass is 450 g/mol. The number of nitrogens with zero attached hydrogens (tertiary/aromatic N) is 1. The summed E-state index contributed by atoms with van der Waals surface area (Å²) in [6.45, 7) is 5.06. The van der Waals surface area contributed by atoms with Crippen LogP contribution < -0.4 is 16.0 Å². The summed E-state index contributed by atoms with van der Waals surface area (Å²) >= 11 is 0. The van der Waals surface area contributed by atoms with Crippen molar-refractivity contribution in [2.45, 2.75) is 26.4 Å². The number of pyridine rings is 1. The van der Waals surface area contributed by atoms with Gasteiger partial charge in [-0.3, -0.25) is 19.9 Å². The second-order valence-electron chi connectivity index (χ2n) is 8.05. The molecule has 0 fully saturated rings. The van der Waals surface area contributed by atoms with Crippen molar-refractivity contribution in [3.05, 3.63) is 83.9 Å². The molecule has 1 aromatic heterocycles. The summed E-state index contributed by atoms with van der Waals surface area (Å²) in [4.78, 5) is 40.8. The largest absolute Gasteiger partial charge is 0.444 e. The lowest BCUT2D eigenvalue weighted by molar-refractivity contribution is 0.0635. The Bertz CT molecular complexity index is 1180. The van der Waals surface area contributed by atoms with Gasteiger partial charge in [0.25, 0.3) is 11.8 Å². The molecule has 8 nitrogen and oxygen atoms in total. The summed E-state index contributed by atoms with van der Waals surface area (Å²) in [5.74, 6) is -1.53. The smallest absolute Gasteiger partial charge is 0.412 e. The normalized spacial score (nSPS) is 10.8. The molecule has 2 aromatic carbocycles. The van der Waals surface area contributed by atoms with Crippen LogP contribution in [-0.2, 0) is 4.74 Å². The lowest BCUT2D eigenvalue weighted by atomic mass is 10.1. The van der Waals surface area contributed by atoms with E-state index in [0.717, 1.165) is 6.07 Å². The van der Waals surface area contributed by atoms with Gasteiger partial charge >= 0.3 is 6.09 Å². The first-order valence-corrected chi connectivity index (χ1v) is 10.0. The molecule has 0 atom stereocenters. The lowest BCUT2D eigenvalue weighted by Crippen LogP contribution is -2.27. The van der Waals surface area contributed by atoms with Crippen LogP contribution >= 0.6 is 0 Å². The molecule has 0 aliphatic heterocycles. The van der Waals surface area contributed by atoms with E-state index < -0.39 is 23.4 Å².